The van der Waals surface area contributed by atoms with E-state index >= 15 is 0 Å². The van der Waals surface area contributed by atoms with E-state index in [-0.39, 0.29) is 24.3 Å². The van der Waals surface area contributed by atoms with Crippen LogP contribution in [0.15, 0.2) is 66.7 Å². The van der Waals surface area contributed by atoms with E-state index in [9.17, 15) is 9.59 Å². The maximum atomic E-state index is 13.1. The Bertz CT molecular complexity index is 1200. The van der Waals surface area contributed by atoms with Crippen molar-refractivity contribution in [2.75, 3.05) is 44.2 Å². The topological polar surface area (TPSA) is 69.6 Å². The van der Waals surface area contributed by atoms with Crippen LogP contribution in [0.25, 0.3) is 22.4 Å². The van der Waals surface area contributed by atoms with E-state index in [1.807, 2.05) is 49.1 Å². The van der Waals surface area contributed by atoms with Crippen molar-refractivity contribution in [2.24, 2.45) is 11.8 Å². The summed E-state index contributed by atoms with van der Waals surface area (Å²) in [7, 11) is 0. The Labute approximate surface area is 232 Å². The fourth-order valence-corrected chi connectivity index (χ4v) is 4.80. The number of rotatable bonds is 10. The Balaban J connectivity index is 1.32. The molecule has 4 rings (SSSR count). The number of piperazine rings is 1. The van der Waals surface area contributed by atoms with E-state index in [1.165, 1.54) is 11.1 Å². The van der Waals surface area contributed by atoms with Gasteiger partial charge in [0.1, 0.15) is 0 Å². The third-order valence-electron chi connectivity index (χ3n) is 7.39. The minimum Gasteiger partial charge on any atom is -0.352 e. The van der Waals surface area contributed by atoms with Gasteiger partial charge in [0, 0.05) is 44.7 Å². The van der Waals surface area contributed by atoms with Crippen molar-refractivity contribution in [3.8, 4) is 22.4 Å². The van der Waals surface area contributed by atoms with Crippen LogP contribution in [0.2, 0.25) is 0 Å². The SMILES string of the molecule is CCC(C)CN(CC(=O)N1CCN(c2ccc(-c3ccc(-c4ccccc4)cc3)nn2)CC1)C(=O)CC(C)C. The van der Waals surface area contributed by atoms with E-state index in [0.29, 0.717) is 45.1 Å². The van der Waals surface area contributed by atoms with Crippen molar-refractivity contribution in [1.29, 1.82) is 0 Å². The highest BCUT2D eigenvalue weighted by Crippen LogP contribution is 2.24. The summed E-state index contributed by atoms with van der Waals surface area (Å²) in [6.45, 7) is 11.7. The van der Waals surface area contributed by atoms with Crippen LogP contribution in [0.3, 0.4) is 0 Å². The lowest BCUT2D eigenvalue weighted by Gasteiger charge is -2.36. The number of aromatic nitrogens is 2. The molecular formula is C32H41N5O2. The van der Waals surface area contributed by atoms with Crippen LogP contribution in [0.4, 0.5) is 5.82 Å². The zero-order chi connectivity index (χ0) is 27.8. The summed E-state index contributed by atoms with van der Waals surface area (Å²) in [5.41, 5.74) is 4.22. The van der Waals surface area contributed by atoms with Crippen molar-refractivity contribution in [3.63, 3.8) is 0 Å². The van der Waals surface area contributed by atoms with Crippen LogP contribution in [0.5, 0.6) is 0 Å². The Morgan fingerprint density at radius 2 is 1.46 bits per heavy atom. The van der Waals surface area contributed by atoms with Gasteiger partial charge in [0.15, 0.2) is 5.82 Å². The van der Waals surface area contributed by atoms with E-state index in [4.69, 9.17) is 0 Å². The molecule has 1 unspecified atom stereocenters. The quantitative estimate of drug-likeness (QED) is 0.354. The molecule has 1 aromatic heterocycles. The van der Waals surface area contributed by atoms with Crippen molar-refractivity contribution in [3.05, 3.63) is 66.7 Å². The number of carbonyl (C=O) groups is 2. The number of hydrogen-bond acceptors (Lipinski definition) is 5. The summed E-state index contributed by atoms with van der Waals surface area (Å²) in [5, 5.41) is 8.97. The Hall–Kier alpha value is -3.74. The van der Waals surface area contributed by atoms with Gasteiger partial charge in [0.25, 0.3) is 0 Å². The fraction of sp³-hybridized carbons (Fsp3) is 0.438. The second-order valence-corrected chi connectivity index (χ2v) is 11.0. The summed E-state index contributed by atoms with van der Waals surface area (Å²) >= 11 is 0. The van der Waals surface area contributed by atoms with Crippen LogP contribution in [-0.2, 0) is 9.59 Å². The molecule has 7 heteroatoms. The molecule has 2 heterocycles. The third-order valence-corrected chi connectivity index (χ3v) is 7.39. The van der Waals surface area contributed by atoms with Gasteiger partial charge in [-0.3, -0.25) is 9.59 Å². The number of carbonyl (C=O) groups excluding carboxylic acids is 2. The summed E-state index contributed by atoms with van der Waals surface area (Å²) in [6, 6.07) is 22.7. The molecule has 39 heavy (non-hydrogen) atoms. The number of amides is 2. The van der Waals surface area contributed by atoms with Crippen molar-refractivity contribution >= 4 is 17.6 Å². The Morgan fingerprint density at radius 3 is 2.05 bits per heavy atom. The minimum absolute atomic E-state index is 0.0236. The van der Waals surface area contributed by atoms with Gasteiger partial charge in [0.05, 0.1) is 12.2 Å². The molecule has 0 aliphatic carbocycles. The molecule has 0 spiro atoms. The Morgan fingerprint density at radius 1 is 0.821 bits per heavy atom. The summed E-state index contributed by atoms with van der Waals surface area (Å²) in [6.07, 6.45) is 1.46. The molecule has 2 aromatic carbocycles. The molecule has 1 fully saturated rings. The number of nitrogens with zero attached hydrogens (tertiary/aromatic N) is 5. The first-order chi connectivity index (χ1) is 18.8. The van der Waals surface area contributed by atoms with E-state index < -0.39 is 0 Å². The van der Waals surface area contributed by atoms with Crippen molar-refractivity contribution in [1.82, 2.24) is 20.0 Å². The van der Waals surface area contributed by atoms with Crippen LogP contribution >= 0.6 is 0 Å². The molecule has 0 N–H and O–H groups in total. The van der Waals surface area contributed by atoms with Gasteiger partial charge in [-0.1, -0.05) is 88.7 Å². The second kappa shape index (κ2) is 13.4. The average Bonchev–Trinajstić information content (AvgIpc) is 2.97. The smallest absolute Gasteiger partial charge is 0.242 e. The summed E-state index contributed by atoms with van der Waals surface area (Å²) < 4.78 is 0. The van der Waals surface area contributed by atoms with Crippen LogP contribution < -0.4 is 4.90 Å². The van der Waals surface area contributed by atoms with E-state index in [2.05, 4.69) is 65.3 Å². The molecular weight excluding hydrogens is 486 g/mol. The highest BCUT2D eigenvalue weighted by Gasteiger charge is 2.26. The minimum atomic E-state index is 0.0236. The van der Waals surface area contributed by atoms with E-state index in [0.717, 1.165) is 23.5 Å². The standard InChI is InChI=1S/C32H41N5O2/c1-5-25(4)22-37(31(38)21-24(2)3)23-32(39)36-19-17-35(18-20-36)30-16-15-29(33-34-30)28-13-11-27(12-14-28)26-9-7-6-8-10-26/h6-16,24-25H,5,17-23H2,1-4H3. The largest absolute Gasteiger partial charge is 0.352 e. The summed E-state index contributed by atoms with van der Waals surface area (Å²) in [5.74, 6) is 1.56. The molecule has 0 saturated carbocycles. The molecule has 0 radical (unpaired) electrons. The molecule has 3 aromatic rings. The van der Waals surface area contributed by atoms with Gasteiger partial charge in [-0.15, -0.1) is 10.2 Å². The first-order valence-corrected chi connectivity index (χ1v) is 14.1. The molecule has 7 nitrogen and oxygen atoms in total. The number of benzene rings is 2. The molecule has 2 amide bonds. The second-order valence-electron chi connectivity index (χ2n) is 11.0. The molecule has 1 atom stereocenters. The molecule has 1 aliphatic rings. The molecule has 1 aliphatic heterocycles. The lowest BCUT2D eigenvalue weighted by Crippen LogP contribution is -2.52. The fourth-order valence-electron chi connectivity index (χ4n) is 4.80. The maximum absolute atomic E-state index is 13.1. The third kappa shape index (κ3) is 7.65. The van der Waals surface area contributed by atoms with Gasteiger partial charge in [-0.05, 0) is 35.1 Å². The Kier molecular flexibility index (Phi) is 9.69. The highest BCUT2D eigenvalue weighted by atomic mass is 16.2. The van der Waals surface area contributed by atoms with Gasteiger partial charge < -0.3 is 14.7 Å². The monoisotopic (exact) mass is 527 g/mol. The zero-order valence-electron chi connectivity index (χ0n) is 23.7. The predicted molar refractivity (Wildman–Crippen MR) is 157 cm³/mol. The molecule has 1 saturated heterocycles. The van der Waals surface area contributed by atoms with Crippen LogP contribution in [0.1, 0.15) is 40.5 Å². The number of anilines is 1. The molecule has 0 bridgehead atoms. The highest BCUT2D eigenvalue weighted by molar-refractivity contribution is 5.85. The van der Waals surface area contributed by atoms with Crippen LogP contribution in [-0.4, -0.2) is 71.1 Å². The zero-order valence-corrected chi connectivity index (χ0v) is 23.7. The van der Waals surface area contributed by atoms with Crippen LogP contribution in [0, 0.1) is 11.8 Å². The first-order valence-electron chi connectivity index (χ1n) is 14.1. The lowest BCUT2D eigenvalue weighted by molar-refractivity contribution is -0.141. The van der Waals surface area contributed by atoms with Crippen molar-refractivity contribution in [2.45, 2.75) is 40.5 Å². The van der Waals surface area contributed by atoms with E-state index in [1.54, 1.807) is 4.90 Å². The molecule has 206 valence electrons. The first kappa shape index (κ1) is 28.3. The van der Waals surface area contributed by atoms with Gasteiger partial charge in [-0.2, -0.15) is 0 Å². The normalized spacial score (nSPS) is 14.4. The summed E-state index contributed by atoms with van der Waals surface area (Å²) in [4.78, 5) is 31.7. The number of hydrogen-bond donors (Lipinski definition) is 0. The maximum Gasteiger partial charge on any atom is 0.242 e. The predicted octanol–water partition coefficient (Wildman–Crippen LogP) is 5.38. The van der Waals surface area contributed by atoms with Crippen molar-refractivity contribution < 1.29 is 9.59 Å². The van der Waals surface area contributed by atoms with Gasteiger partial charge >= 0.3 is 0 Å². The van der Waals surface area contributed by atoms with Gasteiger partial charge in [-0.25, -0.2) is 0 Å². The average molecular weight is 528 g/mol. The lowest BCUT2D eigenvalue weighted by atomic mass is 10.0. The van der Waals surface area contributed by atoms with Gasteiger partial charge in [0.2, 0.25) is 11.8 Å².